The van der Waals surface area contributed by atoms with Gasteiger partial charge in [0.25, 0.3) is 0 Å². The highest BCUT2D eigenvalue weighted by atomic mass is 32.2. The molecule has 1 aliphatic heterocycles. The molecule has 1 saturated heterocycles. The van der Waals surface area contributed by atoms with Gasteiger partial charge < -0.3 is 10.2 Å². The molecule has 1 atom stereocenters. The lowest BCUT2D eigenvalue weighted by atomic mass is 9.98. The lowest BCUT2D eigenvalue weighted by molar-refractivity contribution is -0.133. The Morgan fingerprint density at radius 2 is 2.05 bits per heavy atom. The summed E-state index contributed by atoms with van der Waals surface area (Å²) in [6, 6.07) is 0. The molecule has 1 fully saturated rings. The zero-order chi connectivity index (χ0) is 14.7. The molecule has 6 heteroatoms. The van der Waals surface area contributed by atoms with Gasteiger partial charge in [0.15, 0.2) is 9.84 Å². The van der Waals surface area contributed by atoms with Crippen LogP contribution >= 0.6 is 0 Å². The van der Waals surface area contributed by atoms with Crippen LogP contribution in [0.3, 0.4) is 0 Å². The van der Waals surface area contributed by atoms with Crippen LogP contribution in [0.1, 0.15) is 33.6 Å². The van der Waals surface area contributed by atoms with Gasteiger partial charge in [-0.1, -0.05) is 0 Å². The number of hydrogen-bond acceptors (Lipinski definition) is 4. The summed E-state index contributed by atoms with van der Waals surface area (Å²) in [6.45, 7) is 8.01. The third kappa shape index (κ3) is 3.92. The van der Waals surface area contributed by atoms with Crippen LogP contribution in [0, 0.1) is 5.92 Å². The van der Waals surface area contributed by atoms with E-state index in [0.717, 1.165) is 32.2 Å². The van der Waals surface area contributed by atoms with Gasteiger partial charge in [-0.2, -0.15) is 0 Å². The van der Waals surface area contributed by atoms with Crippen molar-refractivity contribution in [3.8, 4) is 0 Å². The minimum atomic E-state index is -3.40. The number of amides is 1. The predicted molar refractivity (Wildman–Crippen MR) is 76.8 cm³/mol. The molecule has 1 heterocycles. The topological polar surface area (TPSA) is 66.5 Å². The van der Waals surface area contributed by atoms with Gasteiger partial charge in [0.05, 0.1) is 0 Å². The maximum absolute atomic E-state index is 12.4. The van der Waals surface area contributed by atoms with Gasteiger partial charge in [0.2, 0.25) is 5.91 Å². The third-order valence-corrected chi connectivity index (χ3v) is 6.02. The fourth-order valence-electron chi connectivity index (χ4n) is 2.29. The summed E-state index contributed by atoms with van der Waals surface area (Å²) in [5, 5.41) is 3.32. The molecule has 1 amide bonds. The molecule has 1 N–H and O–H groups in total. The van der Waals surface area contributed by atoms with Gasteiger partial charge in [-0.3, -0.25) is 4.79 Å². The number of hydrogen-bond donors (Lipinski definition) is 1. The van der Waals surface area contributed by atoms with Crippen molar-refractivity contribution in [2.75, 3.05) is 32.4 Å². The highest BCUT2D eigenvalue weighted by molar-refractivity contribution is 7.92. The van der Waals surface area contributed by atoms with Crippen LogP contribution in [0.25, 0.3) is 0 Å². The molecule has 0 radical (unpaired) electrons. The Morgan fingerprint density at radius 1 is 1.42 bits per heavy atom. The summed E-state index contributed by atoms with van der Waals surface area (Å²) in [4.78, 5) is 14.1. The van der Waals surface area contributed by atoms with Crippen LogP contribution in [0.2, 0.25) is 0 Å². The number of carbonyl (C=O) groups excluding carboxylic acids is 1. The standard InChI is InChI=1S/C13H26N2O3S/c1-5-15(10-11-7-6-8-14-9-11)12(16)13(2,3)19(4,17)18/h11,14H,5-10H2,1-4H3. The Balaban J connectivity index is 2.76. The largest absolute Gasteiger partial charge is 0.341 e. The Labute approximate surface area is 116 Å². The summed E-state index contributed by atoms with van der Waals surface area (Å²) < 4.78 is 22.2. The maximum atomic E-state index is 12.4. The zero-order valence-electron chi connectivity index (χ0n) is 12.4. The molecule has 0 aliphatic carbocycles. The summed E-state index contributed by atoms with van der Waals surface area (Å²) in [6.07, 6.45) is 3.34. The lowest BCUT2D eigenvalue weighted by Gasteiger charge is -2.34. The smallest absolute Gasteiger partial charge is 0.243 e. The van der Waals surface area contributed by atoms with E-state index in [1.807, 2.05) is 6.92 Å². The Morgan fingerprint density at radius 3 is 2.47 bits per heavy atom. The number of carbonyl (C=O) groups is 1. The second kappa shape index (κ2) is 6.22. The summed E-state index contributed by atoms with van der Waals surface area (Å²) >= 11 is 0. The number of nitrogens with zero attached hydrogens (tertiary/aromatic N) is 1. The van der Waals surface area contributed by atoms with Crippen LogP contribution in [0.4, 0.5) is 0 Å². The Hall–Kier alpha value is -0.620. The van der Waals surface area contributed by atoms with Gasteiger partial charge >= 0.3 is 0 Å². The molecule has 5 nitrogen and oxygen atoms in total. The summed E-state index contributed by atoms with van der Waals surface area (Å²) in [5.74, 6) is 0.135. The van der Waals surface area contributed by atoms with E-state index >= 15 is 0 Å². The second-order valence-electron chi connectivity index (χ2n) is 5.84. The van der Waals surface area contributed by atoms with Crippen molar-refractivity contribution in [1.29, 1.82) is 0 Å². The lowest BCUT2D eigenvalue weighted by Crippen LogP contribution is -2.51. The van der Waals surface area contributed by atoms with E-state index in [9.17, 15) is 13.2 Å². The minimum Gasteiger partial charge on any atom is -0.341 e. The SMILES string of the molecule is CCN(CC1CCCNC1)C(=O)C(C)(C)S(C)(=O)=O. The molecule has 0 aromatic rings. The quantitative estimate of drug-likeness (QED) is 0.807. The molecular formula is C13H26N2O3S. The molecule has 0 spiro atoms. The van der Waals surface area contributed by atoms with E-state index in [-0.39, 0.29) is 5.91 Å². The average Bonchev–Trinajstić information content (AvgIpc) is 2.35. The molecule has 1 unspecified atom stereocenters. The number of nitrogens with one attached hydrogen (secondary N) is 1. The first kappa shape index (κ1) is 16.4. The summed E-state index contributed by atoms with van der Waals surface area (Å²) in [5.41, 5.74) is 0. The number of piperidine rings is 1. The summed E-state index contributed by atoms with van der Waals surface area (Å²) in [7, 11) is -3.40. The molecule has 0 aromatic carbocycles. The van der Waals surface area contributed by atoms with Crippen LogP contribution in [0.5, 0.6) is 0 Å². The highest BCUT2D eigenvalue weighted by Crippen LogP contribution is 2.20. The maximum Gasteiger partial charge on any atom is 0.243 e. The molecular weight excluding hydrogens is 264 g/mol. The first-order valence-corrected chi connectivity index (χ1v) is 8.79. The van der Waals surface area contributed by atoms with Gasteiger partial charge in [-0.05, 0) is 52.6 Å². The van der Waals surface area contributed by atoms with Gasteiger partial charge in [0.1, 0.15) is 4.75 Å². The van der Waals surface area contributed by atoms with E-state index in [2.05, 4.69) is 5.32 Å². The van der Waals surface area contributed by atoms with Crippen LogP contribution in [0.15, 0.2) is 0 Å². The van der Waals surface area contributed by atoms with Crippen LogP contribution < -0.4 is 5.32 Å². The van der Waals surface area contributed by atoms with Crippen molar-refractivity contribution in [3.05, 3.63) is 0 Å². The van der Waals surface area contributed by atoms with Gasteiger partial charge in [-0.25, -0.2) is 8.42 Å². The van der Waals surface area contributed by atoms with Crippen LogP contribution in [-0.2, 0) is 14.6 Å². The zero-order valence-corrected chi connectivity index (χ0v) is 13.2. The molecule has 112 valence electrons. The fourth-order valence-corrected chi connectivity index (χ4v) is 2.73. The van der Waals surface area contributed by atoms with Gasteiger partial charge in [-0.15, -0.1) is 0 Å². The predicted octanol–water partition coefficient (Wildman–Crippen LogP) is 0.658. The first-order chi connectivity index (χ1) is 8.70. The van der Waals surface area contributed by atoms with E-state index in [4.69, 9.17) is 0 Å². The molecule has 1 rings (SSSR count). The van der Waals surface area contributed by atoms with E-state index in [1.54, 1.807) is 4.90 Å². The highest BCUT2D eigenvalue weighted by Gasteiger charge is 2.41. The Bertz CT molecular complexity index is 412. The van der Waals surface area contributed by atoms with Crippen molar-refractivity contribution in [2.24, 2.45) is 5.92 Å². The first-order valence-electron chi connectivity index (χ1n) is 6.89. The van der Waals surface area contributed by atoms with Crippen LogP contribution in [-0.4, -0.2) is 56.4 Å². The van der Waals surface area contributed by atoms with Crippen molar-refractivity contribution in [1.82, 2.24) is 10.2 Å². The molecule has 1 aliphatic rings. The van der Waals surface area contributed by atoms with E-state index < -0.39 is 14.6 Å². The van der Waals surface area contributed by atoms with E-state index in [0.29, 0.717) is 19.0 Å². The van der Waals surface area contributed by atoms with Crippen molar-refractivity contribution < 1.29 is 13.2 Å². The van der Waals surface area contributed by atoms with Crippen molar-refractivity contribution >= 4 is 15.7 Å². The van der Waals surface area contributed by atoms with Crippen molar-refractivity contribution in [3.63, 3.8) is 0 Å². The van der Waals surface area contributed by atoms with Crippen molar-refractivity contribution in [2.45, 2.75) is 38.4 Å². The molecule has 19 heavy (non-hydrogen) atoms. The number of sulfone groups is 1. The fraction of sp³-hybridized carbons (Fsp3) is 0.923. The second-order valence-corrected chi connectivity index (χ2v) is 8.40. The molecule has 0 saturated carbocycles. The molecule has 0 aromatic heterocycles. The molecule has 0 bridgehead atoms. The minimum absolute atomic E-state index is 0.289. The Kier molecular flexibility index (Phi) is 5.38. The monoisotopic (exact) mass is 290 g/mol. The van der Waals surface area contributed by atoms with E-state index in [1.165, 1.54) is 13.8 Å². The average molecular weight is 290 g/mol. The number of rotatable bonds is 5. The van der Waals surface area contributed by atoms with Gasteiger partial charge in [0, 0.05) is 19.3 Å². The third-order valence-electron chi connectivity index (χ3n) is 3.99. The normalized spacial score (nSPS) is 21.2.